The summed E-state index contributed by atoms with van der Waals surface area (Å²) in [5.74, 6) is 0.490. The van der Waals surface area contributed by atoms with Crippen LogP contribution in [0.1, 0.15) is 63.5 Å². The number of hydrogen-bond donors (Lipinski definition) is 2. The van der Waals surface area contributed by atoms with Gasteiger partial charge in [0.2, 0.25) is 0 Å². The van der Waals surface area contributed by atoms with Gasteiger partial charge < -0.3 is 10.3 Å². The van der Waals surface area contributed by atoms with Crippen molar-refractivity contribution in [2.75, 3.05) is 11.1 Å². The zero-order valence-electron chi connectivity index (χ0n) is 17.5. The fourth-order valence-electron chi connectivity index (χ4n) is 4.26. The molecule has 1 aliphatic heterocycles. The number of Topliss-reactive ketones (excluding diaryl/α,β-unsaturated/α-hetero) is 1. The Hall–Kier alpha value is -2.41. The molecule has 1 aromatic carbocycles. The molecule has 1 unspecified atom stereocenters. The molecule has 0 fully saturated rings. The van der Waals surface area contributed by atoms with E-state index >= 15 is 0 Å². The van der Waals surface area contributed by atoms with Crippen molar-refractivity contribution in [3.05, 3.63) is 62.8 Å². The first-order valence-electron chi connectivity index (χ1n) is 10.3. The number of aromatic amines is 1. The van der Waals surface area contributed by atoms with Gasteiger partial charge in [-0.05, 0) is 36.0 Å². The highest BCUT2D eigenvalue weighted by molar-refractivity contribution is 7.99. The van der Waals surface area contributed by atoms with Crippen LogP contribution in [0, 0.1) is 11.2 Å². The summed E-state index contributed by atoms with van der Waals surface area (Å²) in [7, 11) is 0. The fourth-order valence-corrected chi connectivity index (χ4v) is 5.21. The number of unbranched alkanes of at least 4 members (excludes halogenated alkanes) is 1. The molecule has 0 amide bonds. The third-order valence-corrected chi connectivity index (χ3v) is 6.60. The van der Waals surface area contributed by atoms with Crippen molar-refractivity contribution >= 4 is 23.4 Å². The number of H-pyrrole nitrogens is 1. The normalized spacial score (nSPS) is 19.9. The van der Waals surface area contributed by atoms with Crippen LogP contribution in [-0.2, 0) is 4.79 Å². The second kappa shape index (κ2) is 8.02. The van der Waals surface area contributed by atoms with Crippen LogP contribution in [0.25, 0.3) is 0 Å². The molecule has 7 heteroatoms. The van der Waals surface area contributed by atoms with Gasteiger partial charge in [-0.25, -0.2) is 9.37 Å². The number of carbonyl (C=O) groups is 1. The SMILES string of the molecule is CCCCSc1nc2c(c(=O)[nH]1)C(c1ccc(F)cc1)C1=C(CC(C)(C)CC1=O)N2. The molecule has 5 nitrogen and oxygen atoms in total. The predicted molar refractivity (Wildman–Crippen MR) is 117 cm³/mol. The molecule has 1 aromatic heterocycles. The second-order valence-corrected chi connectivity index (χ2v) is 9.86. The van der Waals surface area contributed by atoms with E-state index in [1.807, 2.05) is 0 Å². The fraction of sp³-hybridized carbons (Fsp3) is 0.435. The number of benzene rings is 1. The van der Waals surface area contributed by atoms with E-state index in [1.165, 1.54) is 23.9 Å². The zero-order valence-corrected chi connectivity index (χ0v) is 18.3. The average Bonchev–Trinajstić information content (AvgIpc) is 2.66. The molecular formula is C23H26FN3O2S. The number of aromatic nitrogens is 2. The summed E-state index contributed by atoms with van der Waals surface area (Å²) >= 11 is 1.52. The number of nitrogens with one attached hydrogen (secondary N) is 2. The Morgan fingerprint density at radius 1 is 1.20 bits per heavy atom. The zero-order chi connectivity index (χ0) is 21.5. The van der Waals surface area contributed by atoms with Crippen molar-refractivity contribution in [1.29, 1.82) is 0 Å². The molecule has 0 spiro atoms. The summed E-state index contributed by atoms with van der Waals surface area (Å²) < 4.78 is 13.6. The van der Waals surface area contributed by atoms with Gasteiger partial charge in [-0.15, -0.1) is 0 Å². The molecule has 2 N–H and O–H groups in total. The third kappa shape index (κ3) is 3.95. The number of nitrogens with zero attached hydrogens (tertiary/aromatic N) is 1. The average molecular weight is 428 g/mol. The van der Waals surface area contributed by atoms with Crippen LogP contribution in [0.15, 0.2) is 45.5 Å². The first-order valence-corrected chi connectivity index (χ1v) is 11.3. The second-order valence-electron chi connectivity index (χ2n) is 8.78. The van der Waals surface area contributed by atoms with E-state index in [0.717, 1.165) is 29.9 Å². The number of carbonyl (C=O) groups excluding carboxylic acids is 1. The van der Waals surface area contributed by atoms with E-state index in [1.54, 1.807) is 12.1 Å². The number of hydrogen-bond acceptors (Lipinski definition) is 5. The monoisotopic (exact) mass is 427 g/mol. The van der Waals surface area contributed by atoms with Gasteiger partial charge in [-0.3, -0.25) is 9.59 Å². The van der Waals surface area contributed by atoms with Crippen LogP contribution in [0.2, 0.25) is 0 Å². The van der Waals surface area contributed by atoms with Crippen LogP contribution in [0.5, 0.6) is 0 Å². The molecule has 30 heavy (non-hydrogen) atoms. The van der Waals surface area contributed by atoms with E-state index in [2.05, 4.69) is 36.1 Å². The van der Waals surface area contributed by atoms with Gasteiger partial charge in [-0.2, -0.15) is 0 Å². The number of allylic oxidation sites excluding steroid dienone is 2. The summed E-state index contributed by atoms with van der Waals surface area (Å²) in [5, 5.41) is 3.88. The lowest BCUT2D eigenvalue weighted by Gasteiger charge is -2.38. The van der Waals surface area contributed by atoms with E-state index in [-0.39, 0.29) is 22.6 Å². The Morgan fingerprint density at radius 3 is 2.63 bits per heavy atom. The van der Waals surface area contributed by atoms with E-state index in [4.69, 9.17) is 0 Å². The lowest BCUT2D eigenvalue weighted by atomic mass is 9.69. The summed E-state index contributed by atoms with van der Waals surface area (Å²) in [6.07, 6.45) is 3.21. The molecule has 1 atom stereocenters. The quantitative estimate of drug-likeness (QED) is 0.399. The Morgan fingerprint density at radius 2 is 1.93 bits per heavy atom. The van der Waals surface area contributed by atoms with Gasteiger partial charge in [0.05, 0.1) is 5.56 Å². The lowest BCUT2D eigenvalue weighted by Crippen LogP contribution is -2.37. The van der Waals surface area contributed by atoms with Gasteiger partial charge >= 0.3 is 0 Å². The number of ketones is 1. The van der Waals surface area contributed by atoms with Gasteiger partial charge in [-0.1, -0.05) is 51.1 Å². The molecule has 0 saturated heterocycles. The standard InChI is InChI=1S/C23H26FN3O2S/c1-4-5-10-30-22-26-20-19(21(29)27-22)17(13-6-8-14(24)9-7-13)18-15(25-20)11-23(2,3)12-16(18)28/h6-9,17H,4-5,10-12H2,1-3H3,(H2,25,26,27,29). The maximum Gasteiger partial charge on any atom is 0.257 e. The van der Waals surface area contributed by atoms with Crippen molar-refractivity contribution < 1.29 is 9.18 Å². The highest BCUT2D eigenvalue weighted by Gasteiger charge is 2.42. The molecule has 2 aliphatic rings. The van der Waals surface area contributed by atoms with Crippen LogP contribution >= 0.6 is 11.8 Å². The van der Waals surface area contributed by atoms with Crippen molar-refractivity contribution in [2.24, 2.45) is 5.41 Å². The van der Waals surface area contributed by atoms with Gasteiger partial charge in [0.25, 0.3) is 5.56 Å². The van der Waals surface area contributed by atoms with Crippen LogP contribution in [0.4, 0.5) is 10.2 Å². The third-order valence-electron chi connectivity index (χ3n) is 5.64. The number of rotatable bonds is 5. The van der Waals surface area contributed by atoms with E-state index < -0.39 is 5.92 Å². The van der Waals surface area contributed by atoms with Crippen LogP contribution in [0.3, 0.4) is 0 Å². The van der Waals surface area contributed by atoms with Crippen molar-refractivity contribution in [1.82, 2.24) is 9.97 Å². The van der Waals surface area contributed by atoms with E-state index in [0.29, 0.717) is 35.0 Å². The number of fused-ring (bicyclic) bond motifs is 1. The Labute approximate surface area is 179 Å². The maximum absolute atomic E-state index is 13.6. The van der Waals surface area contributed by atoms with Crippen molar-refractivity contribution in [3.8, 4) is 0 Å². The maximum atomic E-state index is 13.6. The van der Waals surface area contributed by atoms with E-state index in [9.17, 15) is 14.0 Å². The van der Waals surface area contributed by atoms with Crippen molar-refractivity contribution in [3.63, 3.8) is 0 Å². The first-order chi connectivity index (χ1) is 14.3. The minimum absolute atomic E-state index is 0.0227. The number of thioether (sulfide) groups is 1. The summed E-state index contributed by atoms with van der Waals surface area (Å²) in [6, 6.07) is 6.03. The molecule has 2 heterocycles. The molecule has 4 rings (SSSR count). The molecule has 158 valence electrons. The molecule has 0 bridgehead atoms. The first kappa shape index (κ1) is 20.8. The van der Waals surface area contributed by atoms with Gasteiger partial charge in [0.1, 0.15) is 11.6 Å². The minimum Gasteiger partial charge on any atom is -0.343 e. The minimum atomic E-state index is -0.550. The summed E-state index contributed by atoms with van der Waals surface area (Å²) in [5.41, 5.74) is 2.14. The Balaban J connectivity index is 1.86. The van der Waals surface area contributed by atoms with Gasteiger partial charge in [0, 0.05) is 29.4 Å². The molecule has 1 aliphatic carbocycles. The number of halogens is 1. The summed E-state index contributed by atoms with van der Waals surface area (Å²) in [4.78, 5) is 33.8. The van der Waals surface area contributed by atoms with Gasteiger partial charge in [0.15, 0.2) is 10.9 Å². The lowest BCUT2D eigenvalue weighted by molar-refractivity contribution is -0.118. The topological polar surface area (TPSA) is 74.8 Å². The van der Waals surface area contributed by atoms with Crippen LogP contribution in [-0.4, -0.2) is 21.5 Å². The highest BCUT2D eigenvalue weighted by atomic mass is 32.2. The predicted octanol–water partition coefficient (Wildman–Crippen LogP) is 5.00. The highest BCUT2D eigenvalue weighted by Crippen LogP contribution is 2.47. The summed E-state index contributed by atoms with van der Waals surface area (Å²) in [6.45, 7) is 6.25. The number of anilines is 1. The Kier molecular flexibility index (Phi) is 5.57. The van der Waals surface area contributed by atoms with Crippen molar-refractivity contribution in [2.45, 2.75) is 57.5 Å². The molecule has 2 aromatic rings. The largest absolute Gasteiger partial charge is 0.343 e. The molecular weight excluding hydrogens is 401 g/mol. The molecule has 0 radical (unpaired) electrons. The van der Waals surface area contributed by atoms with Crippen LogP contribution < -0.4 is 10.9 Å². The Bertz CT molecular complexity index is 1070. The smallest absolute Gasteiger partial charge is 0.257 e. The molecule has 0 saturated carbocycles.